The lowest BCUT2D eigenvalue weighted by Gasteiger charge is -2.04. The summed E-state index contributed by atoms with van der Waals surface area (Å²) in [7, 11) is 0. The molecule has 0 fully saturated rings. The maximum absolute atomic E-state index is 11.3. The highest BCUT2D eigenvalue weighted by molar-refractivity contribution is 5.96. The third-order valence-electron chi connectivity index (χ3n) is 2.14. The van der Waals surface area contributed by atoms with E-state index in [1.165, 1.54) is 6.92 Å². The second-order valence-electron chi connectivity index (χ2n) is 3.58. The maximum Gasteiger partial charge on any atom is 0.303 e. The Morgan fingerprint density at radius 1 is 0.870 bits per heavy atom. The van der Waals surface area contributed by atoms with Gasteiger partial charge in [-0.3, -0.25) is 14.4 Å². The summed E-state index contributed by atoms with van der Waals surface area (Å²) in [5.74, 6) is -1.41. The van der Waals surface area contributed by atoms with E-state index in [0.29, 0.717) is 11.3 Å². The normalized spacial score (nSPS) is 7.96. The van der Waals surface area contributed by atoms with Crippen LogP contribution in [0.4, 0.5) is 5.69 Å². The Morgan fingerprint density at radius 2 is 1.30 bits per heavy atom. The first-order chi connectivity index (χ1) is 11.0. The monoisotopic (exact) mass is 325 g/mol. The van der Waals surface area contributed by atoms with Gasteiger partial charge in [-0.1, -0.05) is 41.5 Å². The average Bonchev–Trinajstić information content (AvgIpc) is 2.59. The fourth-order valence-electron chi connectivity index (χ4n) is 1.23. The fraction of sp³-hybridized carbons (Fsp3) is 0.500. The lowest BCUT2D eigenvalue weighted by Crippen LogP contribution is -2.13. The second kappa shape index (κ2) is 17.9. The Labute approximate surface area is 140 Å². The number of amides is 1. The molecular formula is C18H31NO4. The van der Waals surface area contributed by atoms with Gasteiger partial charge in [-0.05, 0) is 31.2 Å². The molecule has 5 nitrogen and oxygen atoms in total. The van der Waals surface area contributed by atoms with E-state index in [1.54, 1.807) is 24.3 Å². The van der Waals surface area contributed by atoms with Crippen LogP contribution in [0.5, 0.6) is 0 Å². The molecule has 0 radical (unpaired) electrons. The molecule has 0 spiro atoms. The molecule has 2 N–H and O–H groups in total. The maximum atomic E-state index is 11.3. The highest BCUT2D eigenvalue weighted by atomic mass is 16.4. The number of Topliss-reactive ketones (excluding diaryl/α,β-unsaturated/α-hetero) is 1. The zero-order valence-electron chi connectivity index (χ0n) is 15.4. The number of carbonyl (C=O) groups excluding carboxylic acids is 2. The molecule has 0 aliphatic carbocycles. The van der Waals surface area contributed by atoms with Crippen LogP contribution in [-0.4, -0.2) is 22.8 Å². The van der Waals surface area contributed by atoms with Crippen molar-refractivity contribution in [2.24, 2.45) is 0 Å². The fourth-order valence-corrected chi connectivity index (χ4v) is 1.23. The van der Waals surface area contributed by atoms with Crippen LogP contribution < -0.4 is 5.32 Å². The van der Waals surface area contributed by atoms with Crippen molar-refractivity contribution in [3.63, 3.8) is 0 Å². The Kier molecular flexibility index (Phi) is 20.0. The average molecular weight is 325 g/mol. The number of hydrogen-bond acceptors (Lipinski definition) is 3. The van der Waals surface area contributed by atoms with Gasteiger partial charge < -0.3 is 10.4 Å². The van der Waals surface area contributed by atoms with Crippen LogP contribution in [-0.2, 0) is 9.59 Å². The molecule has 0 unspecified atom stereocenters. The van der Waals surface area contributed by atoms with E-state index in [9.17, 15) is 14.4 Å². The first-order valence-electron chi connectivity index (χ1n) is 8.11. The van der Waals surface area contributed by atoms with Gasteiger partial charge in [-0.2, -0.15) is 0 Å². The van der Waals surface area contributed by atoms with Crippen molar-refractivity contribution in [3.8, 4) is 0 Å². The molecule has 0 saturated carbocycles. The number of carboxylic acid groups (broad SMARTS) is 1. The summed E-state index contributed by atoms with van der Waals surface area (Å²) < 4.78 is 0. The van der Waals surface area contributed by atoms with Gasteiger partial charge in [0.2, 0.25) is 5.91 Å². The van der Waals surface area contributed by atoms with Crippen LogP contribution in [0.1, 0.15) is 71.7 Å². The summed E-state index contributed by atoms with van der Waals surface area (Å²) in [6.07, 6.45) is -0.263. The number of benzene rings is 1. The van der Waals surface area contributed by atoms with Gasteiger partial charge in [0, 0.05) is 17.7 Å². The number of carbonyl (C=O) groups is 3. The summed E-state index contributed by atoms with van der Waals surface area (Å²) in [5.41, 5.74) is 1.11. The van der Waals surface area contributed by atoms with Crippen molar-refractivity contribution in [2.75, 3.05) is 5.32 Å². The molecule has 1 rings (SSSR count). The largest absolute Gasteiger partial charge is 0.481 e. The van der Waals surface area contributed by atoms with Gasteiger partial charge in [0.25, 0.3) is 0 Å². The van der Waals surface area contributed by atoms with E-state index in [4.69, 9.17) is 5.11 Å². The molecule has 1 amide bonds. The third-order valence-corrected chi connectivity index (χ3v) is 2.14. The van der Waals surface area contributed by atoms with E-state index >= 15 is 0 Å². The molecule has 0 heterocycles. The van der Waals surface area contributed by atoms with Crippen LogP contribution in [0.15, 0.2) is 24.3 Å². The Balaban J connectivity index is -0.000000595. The number of carboxylic acids is 1. The summed E-state index contributed by atoms with van der Waals surface area (Å²) >= 11 is 0. The van der Waals surface area contributed by atoms with Gasteiger partial charge in [-0.15, -0.1) is 0 Å². The van der Waals surface area contributed by atoms with Crippen molar-refractivity contribution < 1.29 is 19.5 Å². The van der Waals surface area contributed by atoms with Crippen molar-refractivity contribution in [1.82, 2.24) is 0 Å². The lowest BCUT2D eigenvalue weighted by molar-refractivity contribution is -0.138. The third kappa shape index (κ3) is 14.5. The summed E-state index contributed by atoms with van der Waals surface area (Å²) in [5, 5.41) is 11.0. The van der Waals surface area contributed by atoms with Crippen molar-refractivity contribution in [2.45, 2.75) is 61.3 Å². The molecule has 0 atom stereocenters. The minimum atomic E-state index is -1.01. The van der Waals surface area contributed by atoms with Gasteiger partial charge in [-0.25, -0.2) is 0 Å². The standard InChI is InChI=1S/C12H13NO4.3C2H6/c1-8(14)9-2-4-10(5-3-9)13-11(15)6-7-12(16)17;3*1-2/h2-5H,6-7H2,1H3,(H,13,15)(H,16,17);3*1-2H3. The number of anilines is 1. The van der Waals surface area contributed by atoms with E-state index in [-0.39, 0.29) is 24.5 Å². The van der Waals surface area contributed by atoms with Gasteiger partial charge >= 0.3 is 5.97 Å². The molecule has 5 heteroatoms. The van der Waals surface area contributed by atoms with Crippen LogP contribution in [0.25, 0.3) is 0 Å². The number of ketones is 1. The predicted molar refractivity (Wildman–Crippen MR) is 96.0 cm³/mol. The van der Waals surface area contributed by atoms with Crippen LogP contribution >= 0.6 is 0 Å². The van der Waals surface area contributed by atoms with Crippen molar-refractivity contribution in [3.05, 3.63) is 29.8 Å². The minimum Gasteiger partial charge on any atom is -0.481 e. The molecule has 0 aliphatic heterocycles. The molecule has 1 aromatic carbocycles. The smallest absolute Gasteiger partial charge is 0.303 e. The minimum absolute atomic E-state index is 0.0475. The Bertz CT molecular complexity index is 439. The Morgan fingerprint density at radius 3 is 1.65 bits per heavy atom. The van der Waals surface area contributed by atoms with Crippen molar-refractivity contribution in [1.29, 1.82) is 0 Å². The van der Waals surface area contributed by atoms with Gasteiger partial charge in [0.1, 0.15) is 0 Å². The summed E-state index contributed by atoms with van der Waals surface area (Å²) in [4.78, 5) is 32.6. The number of hydrogen-bond donors (Lipinski definition) is 2. The topological polar surface area (TPSA) is 83.5 Å². The number of rotatable bonds is 5. The molecule has 1 aromatic rings. The molecular weight excluding hydrogens is 294 g/mol. The SMILES string of the molecule is CC.CC.CC.CC(=O)c1ccc(NC(=O)CCC(=O)O)cc1. The van der Waals surface area contributed by atoms with Crippen LogP contribution in [0, 0.1) is 0 Å². The first-order valence-corrected chi connectivity index (χ1v) is 8.11. The predicted octanol–water partition coefficient (Wildman–Crippen LogP) is 4.77. The molecule has 0 aromatic heterocycles. The molecule has 23 heavy (non-hydrogen) atoms. The highest BCUT2D eigenvalue weighted by Crippen LogP contribution is 2.10. The van der Waals surface area contributed by atoms with E-state index in [1.807, 2.05) is 41.5 Å². The quantitative estimate of drug-likeness (QED) is 0.764. The zero-order chi connectivity index (χ0) is 18.8. The zero-order valence-corrected chi connectivity index (χ0v) is 15.4. The van der Waals surface area contributed by atoms with Gasteiger partial charge in [0.15, 0.2) is 5.78 Å². The molecule has 0 aliphatic rings. The first kappa shape index (κ1) is 25.8. The molecule has 0 saturated heterocycles. The number of nitrogens with one attached hydrogen (secondary N) is 1. The van der Waals surface area contributed by atoms with Gasteiger partial charge in [0.05, 0.1) is 6.42 Å². The summed E-state index contributed by atoms with van der Waals surface area (Å²) in [6.45, 7) is 13.5. The summed E-state index contributed by atoms with van der Waals surface area (Å²) in [6, 6.07) is 6.43. The van der Waals surface area contributed by atoms with Crippen molar-refractivity contribution >= 4 is 23.3 Å². The van der Waals surface area contributed by atoms with Crippen LogP contribution in [0.2, 0.25) is 0 Å². The Hall–Kier alpha value is -2.17. The lowest BCUT2D eigenvalue weighted by atomic mass is 10.1. The highest BCUT2D eigenvalue weighted by Gasteiger charge is 2.06. The van der Waals surface area contributed by atoms with Crippen LogP contribution in [0.3, 0.4) is 0 Å². The van der Waals surface area contributed by atoms with E-state index < -0.39 is 5.97 Å². The molecule has 0 bridgehead atoms. The van der Waals surface area contributed by atoms with E-state index in [2.05, 4.69) is 5.32 Å². The molecule has 132 valence electrons. The van der Waals surface area contributed by atoms with E-state index in [0.717, 1.165) is 0 Å². The number of aliphatic carboxylic acids is 1. The second-order valence-corrected chi connectivity index (χ2v) is 3.58.